The molecule has 0 fully saturated rings. The van der Waals surface area contributed by atoms with Gasteiger partial charge in [0, 0.05) is 6.07 Å². The lowest BCUT2D eigenvalue weighted by atomic mass is 10.2. The maximum Gasteiger partial charge on any atom is 0.412 e. The maximum atomic E-state index is 11.4. The first-order valence-electron chi connectivity index (χ1n) is 4.93. The topological polar surface area (TPSA) is 106 Å². The van der Waals surface area contributed by atoms with E-state index < -0.39 is 23.4 Å². The van der Waals surface area contributed by atoms with E-state index in [4.69, 9.17) is 9.84 Å². The third kappa shape index (κ3) is 4.13. The number of aliphatic carboxylic acids is 1. The van der Waals surface area contributed by atoms with Gasteiger partial charge in [-0.1, -0.05) is 0 Å². The number of aromatic nitrogens is 1. The lowest BCUT2D eigenvalue weighted by Gasteiger charge is -2.19. The van der Waals surface area contributed by atoms with E-state index in [-0.39, 0.29) is 10.7 Å². The predicted octanol–water partition coefficient (Wildman–Crippen LogP) is 1.76. The smallest absolute Gasteiger partial charge is 0.412 e. The fraction of sp³-hybridized carbons (Fsp3) is 0.400. The first kappa shape index (κ1) is 14.1. The summed E-state index contributed by atoms with van der Waals surface area (Å²) in [5, 5.41) is 11.1. The Labute approximate surface area is 107 Å². The minimum Gasteiger partial charge on any atom is -0.475 e. The molecule has 0 aromatic carbocycles. The second kappa shape index (κ2) is 5.13. The molecule has 7 nitrogen and oxygen atoms in total. The largest absolute Gasteiger partial charge is 0.475 e. The van der Waals surface area contributed by atoms with E-state index in [9.17, 15) is 14.4 Å². The summed E-state index contributed by atoms with van der Waals surface area (Å²) in [4.78, 5) is 32.9. The van der Waals surface area contributed by atoms with Gasteiger partial charge in [-0.15, -0.1) is 0 Å². The van der Waals surface area contributed by atoms with E-state index >= 15 is 0 Å². The Morgan fingerprint density at radius 1 is 1.39 bits per heavy atom. The molecular formula is C10H12N2O5S. The van der Waals surface area contributed by atoms with E-state index in [1.165, 1.54) is 6.07 Å². The average molecular weight is 272 g/mol. The van der Waals surface area contributed by atoms with Crippen LogP contribution in [0.2, 0.25) is 0 Å². The van der Waals surface area contributed by atoms with Crippen molar-refractivity contribution in [1.82, 2.24) is 4.37 Å². The highest BCUT2D eigenvalue weighted by atomic mass is 32.1. The molecule has 98 valence electrons. The van der Waals surface area contributed by atoms with Crippen LogP contribution in [0.5, 0.6) is 0 Å². The van der Waals surface area contributed by atoms with Gasteiger partial charge < -0.3 is 9.84 Å². The number of hydrogen-bond donors (Lipinski definition) is 2. The second-order valence-electron chi connectivity index (χ2n) is 4.34. The van der Waals surface area contributed by atoms with Gasteiger partial charge >= 0.3 is 12.1 Å². The molecule has 0 aliphatic carbocycles. The molecule has 1 aromatic rings. The molecule has 0 spiro atoms. The maximum absolute atomic E-state index is 11.4. The van der Waals surface area contributed by atoms with E-state index in [2.05, 4.69) is 9.69 Å². The van der Waals surface area contributed by atoms with Crippen molar-refractivity contribution >= 4 is 34.4 Å². The van der Waals surface area contributed by atoms with Gasteiger partial charge in [0.15, 0.2) is 0 Å². The number of carboxylic acids is 1. The van der Waals surface area contributed by atoms with Gasteiger partial charge in [-0.2, -0.15) is 4.37 Å². The summed E-state index contributed by atoms with van der Waals surface area (Å²) < 4.78 is 8.61. The van der Waals surface area contributed by atoms with Gasteiger partial charge in [-0.05, 0) is 32.3 Å². The Hall–Kier alpha value is -1.96. The summed E-state index contributed by atoms with van der Waals surface area (Å²) in [7, 11) is 0. The molecule has 0 unspecified atom stereocenters. The van der Waals surface area contributed by atoms with Crippen LogP contribution in [0, 0.1) is 0 Å². The Balaban J connectivity index is 2.68. The molecule has 0 saturated heterocycles. The van der Waals surface area contributed by atoms with E-state index in [1.54, 1.807) is 20.8 Å². The van der Waals surface area contributed by atoms with Crippen molar-refractivity contribution in [2.24, 2.45) is 0 Å². The number of nitrogens with one attached hydrogen (secondary N) is 1. The molecule has 8 heteroatoms. The highest BCUT2D eigenvalue weighted by Gasteiger charge is 2.20. The van der Waals surface area contributed by atoms with E-state index in [1.807, 2.05) is 0 Å². The van der Waals surface area contributed by atoms with Crippen molar-refractivity contribution < 1.29 is 24.2 Å². The van der Waals surface area contributed by atoms with Crippen LogP contribution in [0.25, 0.3) is 0 Å². The van der Waals surface area contributed by atoms with Crippen molar-refractivity contribution in [1.29, 1.82) is 0 Å². The highest BCUT2D eigenvalue weighted by Crippen LogP contribution is 2.18. The van der Waals surface area contributed by atoms with Crippen LogP contribution in [-0.2, 0) is 9.53 Å². The highest BCUT2D eigenvalue weighted by molar-refractivity contribution is 7.10. The monoisotopic (exact) mass is 272 g/mol. The SMILES string of the molecule is CC(C)(C)OC(=O)Nc1cc(C(=O)C(=O)O)ns1. The summed E-state index contributed by atoms with van der Waals surface area (Å²) in [5.41, 5.74) is -0.868. The number of carbonyl (C=O) groups is 3. The zero-order valence-electron chi connectivity index (χ0n) is 10.0. The Kier molecular flexibility index (Phi) is 4.02. The molecule has 0 saturated carbocycles. The predicted molar refractivity (Wildman–Crippen MR) is 63.9 cm³/mol. The summed E-state index contributed by atoms with van der Waals surface area (Å²) in [6.07, 6.45) is -0.694. The van der Waals surface area contributed by atoms with Crippen LogP contribution >= 0.6 is 11.5 Å². The van der Waals surface area contributed by atoms with Gasteiger partial charge in [0.25, 0.3) is 5.78 Å². The minimum absolute atomic E-state index is 0.224. The lowest BCUT2D eigenvalue weighted by Crippen LogP contribution is -2.26. The summed E-state index contributed by atoms with van der Waals surface area (Å²) in [6.45, 7) is 5.12. The van der Waals surface area contributed by atoms with Gasteiger partial charge in [0.2, 0.25) is 0 Å². The minimum atomic E-state index is -1.59. The Morgan fingerprint density at radius 3 is 2.50 bits per heavy atom. The molecule has 0 aliphatic rings. The van der Waals surface area contributed by atoms with Crippen LogP contribution in [0.4, 0.5) is 9.80 Å². The summed E-state index contributed by atoms with van der Waals surface area (Å²) in [6, 6.07) is 1.19. The van der Waals surface area contributed by atoms with Gasteiger partial charge in [0.05, 0.1) is 0 Å². The van der Waals surface area contributed by atoms with Crippen molar-refractivity contribution in [2.45, 2.75) is 26.4 Å². The molecule has 1 heterocycles. The van der Waals surface area contributed by atoms with Gasteiger partial charge in [-0.3, -0.25) is 10.1 Å². The van der Waals surface area contributed by atoms with Crippen molar-refractivity contribution in [3.05, 3.63) is 11.8 Å². The number of ketones is 1. The number of ether oxygens (including phenoxy) is 1. The number of carboxylic acid groups (broad SMARTS) is 1. The van der Waals surface area contributed by atoms with Crippen LogP contribution in [-0.4, -0.2) is 32.9 Å². The fourth-order valence-corrected chi connectivity index (χ4v) is 1.58. The standard InChI is InChI=1S/C10H12N2O5S/c1-10(2,3)17-9(16)11-6-4-5(12-18-6)7(13)8(14)15/h4H,1-3H3,(H,11,16)(H,14,15). The molecule has 1 amide bonds. The quantitative estimate of drug-likeness (QED) is 0.641. The summed E-state index contributed by atoms with van der Waals surface area (Å²) in [5.74, 6) is -2.72. The molecular weight excluding hydrogens is 260 g/mol. The number of carbonyl (C=O) groups excluding carboxylic acids is 2. The van der Waals surface area contributed by atoms with Crippen LogP contribution in [0.1, 0.15) is 31.3 Å². The van der Waals surface area contributed by atoms with Crippen molar-refractivity contribution in [2.75, 3.05) is 5.32 Å². The zero-order chi connectivity index (χ0) is 13.9. The first-order chi connectivity index (χ1) is 8.19. The number of anilines is 1. The Bertz CT molecular complexity index is 489. The fourth-order valence-electron chi connectivity index (χ4n) is 0.955. The molecule has 0 aliphatic heterocycles. The average Bonchev–Trinajstić information content (AvgIpc) is 2.61. The Morgan fingerprint density at radius 2 is 2.00 bits per heavy atom. The van der Waals surface area contributed by atoms with E-state index in [0.29, 0.717) is 0 Å². The molecule has 1 aromatic heterocycles. The molecule has 1 rings (SSSR count). The number of hydrogen-bond acceptors (Lipinski definition) is 6. The zero-order valence-corrected chi connectivity index (χ0v) is 10.8. The number of nitrogens with zero attached hydrogens (tertiary/aromatic N) is 1. The number of Topliss-reactive ketones (excluding diaryl/α,β-unsaturated/α-hetero) is 1. The van der Waals surface area contributed by atoms with Crippen LogP contribution in [0.3, 0.4) is 0 Å². The first-order valence-corrected chi connectivity index (χ1v) is 5.71. The van der Waals surface area contributed by atoms with Gasteiger partial charge in [-0.25, -0.2) is 9.59 Å². The third-order valence-corrected chi connectivity index (χ3v) is 2.27. The molecule has 18 heavy (non-hydrogen) atoms. The normalized spacial score (nSPS) is 10.8. The molecule has 0 radical (unpaired) electrons. The van der Waals surface area contributed by atoms with Crippen LogP contribution in [0.15, 0.2) is 6.07 Å². The molecule has 0 atom stereocenters. The number of rotatable bonds is 3. The van der Waals surface area contributed by atoms with Gasteiger partial charge in [0.1, 0.15) is 16.3 Å². The van der Waals surface area contributed by atoms with E-state index in [0.717, 1.165) is 11.5 Å². The van der Waals surface area contributed by atoms with Crippen molar-refractivity contribution in [3.8, 4) is 0 Å². The van der Waals surface area contributed by atoms with Crippen molar-refractivity contribution in [3.63, 3.8) is 0 Å². The molecule has 0 bridgehead atoms. The number of amides is 1. The lowest BCUT2D eigenvalue weighted by molar-refractivity contribution is -0.131. The third-order valence-electron chi connectivity index (χ3n) is 1.56. The summed E-state index contributed by atoms with van der Waals surface area (Å²) >= 11 is 0.803. The van der Waals surface area contributed by atoms with Crippen LogP contribution < -0.4 is 5.32 Å². The molecule has 2 N–H and O–H groups in total. The second-order valence-corrected chi connectivity index (χ2v) is 5.14.